The third-order valence-corrected chi connectivity index (χ3v) is 7.78. The Balaban J connectivity index is 1.38. The molecule has 0 aliphatic carbocycles. The van der Waals surface area contributed by atoms with Gasteiger partial charge in [0, 0.05) is 18.1 Å². The lowest BCUT2D eigenvalue weighted by Gasteiger charge is -2.21. The second kappa shape index (κ2) is 13.7. The van der Waals surface area contributed by atoms with Gasteiger partial charge in [-0.05, 0) is 30.5 Å². The minimum absolute atomic E-state index is 0.110. The number of nitrogens with zero attached hydrogens (tertiary/aromatic N) is 1. The molecule has 4 rings (SSSR count). The molecule has 2 aliphatic heterocycles. The number of benzene rings is 2. The summed E-state index contributed by atoms with van der Waals surface area (Å²) < 4.78 is 23.0. The van der Waals surface area contributed by atoms with Crippen LogP contribution in [-0.2, 0) is 35.2 Å². The lowest BCUT2D eigenvalue weighted by molar-refractivity contribution is -0.763. The van der Waals surface area contributed by atoms with E-state index in [-0.39, 0.29) is 35.7 Å². The maximum Gasteiger partial charge on any atom is 0.338 e. The second-order valence-electron chi connectivity index (χ2n) is 9.51. The first-order chi connectivity index (χ1) is 19.3. The van der Waals surface area contributed by atoms with Gasteiger partial charge >= 0.3 is 11.9 Å². The smallest absolute Gasteiger partial charge is 0.338 e. The summed E-state index contributed by atoms with van der Waals surface area (Å²) in [6.45, 7) is 3.46. The van der Waals surface area contributed by atoms with E-state index in [9.17, 15) is 24.5 Å². The first-order valence-electron chi connectivity index (χ1n) is 13.0. The number of esters is 2. The molecule has 2 aliphatic rings. The van der Waals surface area contributed by atoms with Crippen molar-refractivity contribution in [3.05, 3.63) is 80.9 Å². The van der Waals surface area contributed by atoms with Gasteiger partial charge in [0.2, 0.25) is 5.12 Å². The van der Waals surface area contributed by atoms with Crippen LogP contribution in [0.1, 0.15) is 71.1 Å². The number of ether oxygens (including phenoxy) is 4. The van der Waals surface area contributed by atoms with Crippen LogP contribution < -0.4 is 0 Å². The summed E-state index contributed by atoms with van der Waals surface area (Å²) >= 11 is 1.10. The van der Waals surface area contributed by atoms with Crippen LogP contribution in [-0.4, -0.2) is 58.9 Å². The van der Waals surface area contributed by atoms with Crippen molar-refractivity contribution in [2.45, 2.75) is 69.4 Å². The zero-order valence-corrected chi connectivity index (χ0v) is 23.0. The van der Waals surface area contributed by atoms with Crippen molar-refractivity contribution in [1.82, 2.24) is 0 Å². The molecule has 12 heteroatoms. The zero-order valence-electron chi connectivity index (χ0n) is 22.2. The molecule has 2 heterocycles. The highest BCUT2D eigenvalue weighted by Gasteiger charge is 2.50. The number of fused-ring (bicyclic) bond motifs is 1. The minimum atomic E-state index is -0.902. The van der Waals surface area contributed by atoms with Crippen LogP contribution in [0.5, 0.6) is 0 Å². The Morgan fingerprint density at radius 3 is 2.62 bits per heavy atom. The van der Waals surface area contributed by atoms with Gasteiger partial charge in [-0.15, -0.1) is 10.1 Å². The Kier molecular flexibility index (Phi) is 10.1. The van der Waals surface area contributed by atoms with E-state index in [1.54, 1.807) is 30.3 Å². The van der Waals surface area contributed by atoms with Gasteiger partial charge in [-0.25, -0.2) is 4.79 Å². The molecule has 0 saturated carbocycles. The molecule has 2 unspecified atom stereocenters. The molecule has 11 nitrogen and oxygen atoms in total. The Labute approximate surface area is 235 Å². The van der Waals surface area contributed by atoms with Crippen molar-refractivity contribution in [3.63, 3.8) is 0 Å². The van der Waals surface area contributed by atoms with Gasteiger partial charge in [-0.1, -0.05) is 61.5 Å². The third-order valence-electron chi connectivity index (χ3n) is 6.63. The average molecular weight is 574 g/mol. The molecule has 40 heavy (non-hydrogen) atoms. The van der Waals surface area contributed by atoms with E-state index in [1.165, 1.54) is 13.0 Å². The number of thioether (sulfide) groups is 1. The molecule has 0 spiro atoms. The van der Waals surface area contributed by atoms with Gasteiger partial charge in [0.25, 0.3) is 5.09 Å². The molecule has 214 valence electrons. The summed E-state index contributed by atoms with van der Waals surface area (Å²) in [5, 5.41) is 9.04. The molecule has 2 saturated heterocycles. The van der Waals surface area contributed by atoms with Crippen LogP contribution in [0, 0.1) is 10.1 Å². The van der Waals surface area contributed by atoms with Crippen LogP contribution in [0.4, 0.5) is 0 Å². The fourth-order valence-corrected chi connectivity index (χ4v) is 5.89. The largest absolute Gasteiger partial charge is 0.458 e. The van der Waals surface area contributed by atoms with Crippen molar-refractivity contribution >= 4 is 28.8 Å². The Bertz CT molecular complexity index is 1240. The number of rotatable bonds is 12. The van der Waals surface area contributed by atoms with Crippen molar-refractivity contribution in [2.24, 2.45) is 0 Å². The molecule has 2 fully saturated rings. The Hall–Kier alpha value is -3.48. The van der Waals surface area contributed by atoms with E-state index < -0.39 is 41.4 Å². The number of carbonyl (C=O) groups is 3. The summed E-state index contributed by atoms with van der Waals surface area (Å²) in [7, 11) is 0. The normalized spacial score (nSPS) is 22.2. The van der Waals surface area contributed by atoms with Gasteiger partial charge in [-0.3, -0.25) is 9.59 Å². The predicted molar refractivity (Wildman–Crippen MR) is 143 cm³/mol. The van der Waals surface area contributed by atoms with Crippen molar-refractivity contribution in [1.29, 1.82) is 0 Å². The van der Waals surface area contributed by atoms with Crippen LogP contribution >= 0.6 is 11.8 Å². The number of hydrogen-bond donors (Lipinski definition) is 0. The quantitative estimate of drug-likeness (QED) is 0.202. The monoisotopic (exact) mass is 573 g/mol. The first-order valence-corrected chi connectivity index (χ1v) is 13.9. The summed E-state index contributed by atoms with van der Waals surface area (Å²) in [5.41, 5.74) is 1.81. The van der Waals surface area contributed by atoms with Gasteiger partial charge in [0.1, 0.15) is 24.9 Å². The fraction of sp³-hybridized carbons (Fsp3) is 0.464. The maximum atomic E-state index is 13.4. The molecule has 0 amide bonds. The summed E-state index contributed by atoms with van der Waals surface area (Å²) in [4.78, 5) is 52.7. The minimum Gasteiger partial charge on any atom is -0.458 e. The molecule has 2 aromatic carbocycles. The van der Waals surface area contributed by atoms with Gasteiger partial charge in [0.15, 0.2) is 6.10 Å². The van der Waals surface area contributed by atoms with E-state index in [0.29, 0.717) is 23.1 Å². The highest BCUT2D eigenvalue weighted by atomic mass is 32.2. The standard InChI is InChI=1S/C28H31NO10S/c1-3-4-12-22(38-17(2)30)20-10-5-6-11-21(20)28(32)40-24-16-36-25-23(15-35-26(24)25)39-27(31)19-9-7-8-18(13-19)14-37-29(33)34/h5-11,13,22-26H,3-4,12,14-16H2,1-2H3/t22?,23-,24?,25-,26-/m1/s1. The Morgan fingerprint density at radius 1 is 1.10 bits per heavy atom. The predicted octanol–water partition coefficient (Wildman–Crippen LogP) is 4.45. The van der Waals surface area contributed by atoms with Crippen LogP contribution in [0.25, 0.3) is 0 Å². The highest BCUT2D eigenvalue weighted by molar-refractivity contribution is 8.14. The molecule has 0 aromatic heterocycles. The molecule has 0 N–H and O–H groups in total. The van der Waals surface area contributed by atoms with Crippen molar-refractivity contribution in [3.8, 4) is 0 Å². The zero-order chi connectivity index (χ0) is 28.6. The molecule has 2 aromatic rings. The number of unbranched alkanes of at least 4 members (excludes halogenated alkanes) is 1. The molecular formula is C28H31NO10S. The van der Waals surface area contributed by atoms with E-state index in [0.717, 1.165) is 24.6 Å². The van der Waals surface area contributed by atoms with E-state index in [2.05, 4.69) is 4.84 Å². The molecule has 0 bridgehead atoms. The van der Waals surface area contributed by atoms with Gasteiger partial charge < -0.3 is 23.8 Å². The van der Waals surface area contributed by atoms with E-state index >= 15 is 0 Å². The lowest BCUT2D eigenvalue weighted by atomic mass is 9.99. The first kappa shape index (κ1) is 29.5. The van der Waals surface area contributed by atoms with Crippen molar-refractivity contribution in [2.75, 3.05) is 13.2 Å². The second-order valence-corrected chi connectivity index (χ2v) is 10.7. The Morgan fingerprint density at radius 2 is 1.88 bits per heavy atom. The summed E-state index contributed by atoms with van der Waals surface area (Å²) in [6, 6.07) is 13.3. The lowest BCUT2D eigenvalue weighted by Crippen LogP contribution is -2.34. The van der Waals surface area contributed by atoms with Crippen LogP contribution in [0.3, 0.4) is 0 Å². The van der Waals surface area contributed by atoms with Gasteiger partial charge in [-0.2, -0.15) is 0 Å². The topological polar surface area (TPSA) is 141 Å². The average Bonchev–Trinajstić information content (AvgIpc) is 3.52. The highest BCUT2D eigenvalue weighted by Crippen LogP contribution is 2.38. The molecule has 5 atom stereocenters. The molecular weight excluding hydrogens is 542 g/mol. The SMILES string of the molecule is CCCCC(OC(C)=O)c1ccccc1C(=O)SC1CO[C@H]2[C@@H]1OC[C@H]2OC(=O)c1cccc(CO[N+](=O)[O-])c1. The number of carbonyl (C=O) groups excluding carboxylic acids is 3. The third kappa shape index (κ3) is 7.38. The summed E-state index contributed by atoms with van der Waals surface area (Å²) in [5.74, 6) is -1.02. The van der Waals surface area contributed by atoms with Gasteiger partial charge in [0.05, 0.1) is 24.0 Å². The summed E-state index contributed by atoms with van der Waals surface area (Å²) in [6.07, 6.45) is 0.207. The van der Waals surface area contributed by atoms with Crippen LogP contribution in [0.2, 0.25) is 0 Å². The maximum absolute atomic E-state index is 13.4. The number of hydrogen-bond acceptors (Lipinski definition) is 11. The van der Waals surface area contributed by atoms with Crippen LogP contribution in [0.15, 0.2) is 48.5 Å². The fourth-order valence-electron chi connectivity index (χ4n) is 4.78. The van der Waals surface area contributed by atoms with E-state index in [4.69, 9.17) is 18.9 Å². The molecule has 0 radical (unpaired) electrons. The van der Waals surface area contributed by atoms with E-state index in [1.807, 2.05) is 19.1 Å². The van der Waals surface area contributed by atoms with Crippen molar-refractivity contribution < 1.29 is 43.3 Å².